The highest BCUT2D eigenvalue weighted by molar-refractivity contribution is 5.97. The first kappa shape index (κ1) is 10.3. The Morgan fingerprint density at radius 2 is 2.18 bits per heavy atom. The van der Waals surface area contributed by atoms with Gasteiger partial charge < -0.3 is 5.32 Å². The highest BCUT2D eigenvalue weighted by Gasteiger charge is 2.18. The number of hydrogen-bond donors (Lipinski definition) is 2. The Morgan fingerprint density at radius 3 is 2.94 bits per heavy atom. The number of aromatic amines is 1. The van der Waals surface area contributed by atoms with Crippen LogP contribution >= 0.6 is 0 Å². The Hall–Kier alpha value is -1.91. The van der Waals surface area contributed by atoms with Crippen LogP contribution in [0, 0.1) is 5.92 Å². The molecule has 1 aliphatic carbocycles. The van der Waals surface area contributed by atoms with Gasteiger partial charge in [0.05, 0.1) is 0 Å². The van der Waals surface area contributed by atoms with E-state index < -0.39 is 0 Å². The molecular weight excluding hydrogens is 216 g/mol. The number of carbonyl (C=O) groups excluding carboxylic acids is 1. The molecule has 0 atom stereocenters. The fourth-order valence-electron chi connectivity index (χ4n) is 2.02. The highest BCUT2D eigenvalue weighted by atomic mass is 16.1. The minimum atomic E-state index is -0.0261. The predicted molar refractivity (Wildman–Crippen MR) is 63.6 cm³/mol. The Bertz CT molecular complexity index is 544. The van der Waals surface area contributed by atoms with Gasteiger partial charge in [0, 0.05) is 12.1 Å². The lowest BCUT2D eigenvalue weighted by atomic mass is 9.85. The molecule has 1 fully saturated rings. The molecule has 2 aromatic rings. The predicted octanol–water partition coefficient (Wildman–Crippen LogP) is 1.49. The van der Waals surface area contributed by atoms with Gasteiger partial charge in [-0.1, -0.05) is 6.42 Å². The van der Waals surface area contributed by atoms with Crippen molar-refractivity contribution >= 4 is 16.9 Å². The van der Waals surface area contributed by atoms with E-state index in [2.05, 4.69) is 20.7 Å². The van der Waals surface area contributed by atoms with Crippen LogP contribution < -0.4 is 5.32 Å². The minimum Gasteiger partial charge on any atom is -0.352 e. The van der Waals surface area contributed by atoms with Crippen molar-refractivity contribution in [1.29, 1.82) is 0 Å². The lowest BCUT2D eigenvalue weighted by Crippen LogP contribution is -2.32. The zero-order valence-corrected chi connectivity index (χ0v) is 9.44. The summed E-state index contributed by atoms with van der Waals surface area (Å²) in [6.07, 6.45) is 3.77. The smallest absolute Gasteiger partial charge is 0.251 e. The van der Waals surface area contributed by atoms with Crippen LogP contribution in [0.2, 0.25) is 0 Å². The molecule has 88 valence electrons. The van der Waals surface area contributed by atoms with Crippen molar-refractivity contribution < 1.29 is 4.79 Å². The van der Waals surface area contributed by atoms with E-state index in [-0.39, 0.29) is 5.91 Å². The molecule has 5 heteroatoms. The maximum absolute atomic E-state index is 11.9. The first-order chi connectivity index (χ1) is 8.33. The van der Waals surface area contributed by atoms with Crippen molar-refractivity contribution in [3.8, 4) is 0 Å². The molecule has 1 aromatic heterocycles. The fraction of sp³-hybridized carbons (Fsp3) is 0.417. The highest BCUT2D eigenvalue weighted by Crippen LogP contribution is 2.25. The van der Waals surface area contributed by atoms with E-state index in [1.54, 1.807) is 18.2 Å². The summed E-state index contributed by atoms with van der Waals surface area (Å²) in [7, 11) is 0. The second-order valence-electron chi connectivity index (χ2n) is 4.53. The van der Waals surface area contributed by atoms with Crippen LogP contribution in [0.1, 0.15) is 29.6 Å². The molecule has 0 radical (unpaired) electrons. The van der Waals surface area contributed by atoms with Gasteiger partial charge >= 0.3 is 0 Å². The molecule has 1 aromatic carbocycles. The number of hydrogen-bond acceptors (Lipinski definition) is 3. The molecule has 1 heterocycles. The van der Waals surface area contributed by atoms with E-state index in [1.165, 1.54) is 19.3 Å². The maximum atomic E-state index is 11.9. The SMILES string of the molecule is O=C(NCC1CCC1)c1ccc2n[nH]nc2c1. The second-order valence-corrected chi connectivity index (χ2v) is 4.53. The van der Waals surface area contributed by atoms with E-state index >= 15 is 0 Å². The van der Waals surface area contributed by atoms with Gasteiger partial charge in [-0.05, 0) is 37.0 Å². The Kier molecular flexibility index (Phi) is 2.51. The van der Waals surface area contributed by atoms with Crippen LogP contribution in [0.25, 0.3) is 11.0 Å². The first-order valence-corrected chi connectivity index (χ1v) is 5.91. The van der Waals surface area contributed by atoms with Crippen LogP contribution in [0.15, 0.2) is 18.2 Å². The van der Waals surface area contributed by atoms with Gasteiger partial charge in [-0.15, -0.1) is 0 Å². The number of carbonyl (C=O) groups is 1. The summed E-state index contributed by atoms with van der Waals surface area (Å²) in [6, 6.07) is 5.34. The molecule has 0 saturated heterocycles. The van der Waals surface area contributed by atoms with Crippen LogP contribution in [-0.4, -0.2) is 27.9 Å². The Balaban J connectivity index is 1.70. The lowest BCUT2D eigenvalue weighted by molar-refractivity contribution is 0.0939. The molecule has 0 aliphatic heterocycles. The zero-order valence-electron chi connectivity index (χ0n) is 9.44. The molecule has 2 N–H and O–H groups in total. The molecule has 1 saturated carbocycles. The summed E-state index contributed by atoms with van der Waals surface area (Å²) < 4.78 is 0. The number of H-pyrrole nitrogens is 1. The quantitative estimate of drug-likeness (QED) is 0.839. The van der Waals surface area contributed by atoms with E-state index in [9.17, 15) is 4.79 Å². The van der Waals surface area contributed by atoms with Crippen LogP contribution in [0.3, 0.4) is 0 Å². The van der Waals surface area contributed by atoms with E-state index in [0.717, 1.165) is 17.6 Å². The third kappa shape index (κ3) is 2.00. The molecular formula is C12H14N4O. The van der Waals surface area contributed by atoms with Crippen molar-refractivity contribution in [1.82, 2.24) is 20.7 Å². The van der Waals surface area contributed by atoms with E-state index in [4.69, 9.17) is 0 Å². The van der Waals surface area contributed by atoms with Gasteiger partial charge in [0.15, 0.2) is 0 Å². The number of nitrogens with zero attached hydrogens (tertiary/aromatic N) is 2. The Labute approximate surface area is 98.6 Å². The van der Waals surface area contributed by atoms with Gasteiger partial charge in [-0.2, -0.15) is 15.4 Å². The van der Waals surface area contributed by atoms with Gasteiger partial charge in [0.1, 0.15) is 11.0 Å². The van der Waals surface area contributed by atoms with E-state index in [0.29, 0.717) is 11.5 Å². The topological polar surface area (TPSA) is 70.7 Å². The molecule has 0 bridgehead atoms. The number of nitrogens with one attached hydrogen (secondary N) is 2. The summed E-state index contributed by atoms with van der Waals surface area (Å²) in [6.45, 7) is 0.787. The largest absolute Gasteiger partial charge is 0.352 e. The molecule has 17 heavy (non-hydrogen) atoms. The first-order valence-electron chi connectivity index (χ1n) is 5.91. The molecule has 1 aliphatic rings. The monoisotopic (exact) mass is 230 g/mol. The fourth-order valence-corrected chi connectivity index (χ4v) is 2.02. The van der Waals surface area contributed by atoms with Crippen LogP contribution in [0.5, 0.6) is 0 Å². The molecule has 0 spiro atoms. The average Bonchev–Trinajstić information content (AvgIpc) is 2.73. The molecule has 5 nitrogen and oxygen atoms in total. The Morgan fingerprint density at radius 1 is 1.35 bits per heavy atom. The number of rotatable bonds is 3. The lowest BCUT2D eigenvalue weighted by Gasteiger charge is -2.25. The van der Waals surface area contributed by atoms with Gasteiger partial charge in [0.2, 0.25) is 0 Å². The molecule has 1 amide bonds. The molecule has 0 unspecified atom stereocenters. The average molecular weight is 230 g/mol. The summed E-state index contributed by atoms with van der Waals surface area (Å²) >= 11 is 0. The second kappa shape index (κ2) is 4.16. The van der Waals surface area contributed by atoms with Crippen molar-refractivity contribution in [2.45, 2.75) is 19.3 Å². The third-order valence-electron chi connectivity index (χ3n) is 3.35. The van der Waals surface area contributed by atoms with Crippen LogP contribution in [-0.2, 0) is 0 Å². The third-order valence-corrected chi connectivity index (χ3v) is 3.35. The van der Waals surface area contributed by atoms with Crippen molar-refractivity contribution in [3.05, 3.63) is 23.8 Å². The number of amides is 1. The van der Waals surface area contributed by atoms with Crippen molar-refractivity contribution in [2.24, 2.45) is 5.92 Å². The maximum Gasteiger partial charge on any atom is 0.251 e. The van der Waals surface area contributed by atoms with Crippen LogP contribution in [0.4, 0.5) is 0 Å². The zero-order chi connectivity index (χ0) is 11.7. The van der Waals surface area contributed by atoms with Gasteiger partial charge in [-0.25, -0.2) is 0 Å². The minimum absolute atomic E-state index is 0.0261. The summed E-state index contributed by atoms with van der Waals surface area (Å²) in [5, 5.41) is 13.4. The number of aromatic nitrogens is 3. The standard InChI is InChI=1S/C12H14N4O/c17-12(13-7-8-2-1-3-8)9-4-5-10-11(6-9)15-16-14-10/h4-6,8H,1-3,7H2,(H,13,17)(H,14,15,16). The van der Waals surface area contributed by atoms with Crippen molar-refractivity contribution in [2.75, 3.05) is 6.54 Å². The number of fused-ring (bicyclic) bond motifs is 1. The van der Waals surface area contributed by atoms with Gasteiger partial charge in [-0.3, -0.25) is 4.79 Å². The van der Waals surface area contributed by atoms with Gasteiger partial charge in [0.25, 0.3) is 5.91 Å². The van der Waals surface area contributed by atoms with E-state index in [1.807, 2.05) is 0 Å². The normalized spacial score (nSPS) is 15.8. The summed E-state index contributed by atoms with van der Waals surface area (Å²) in [5.41, 5.74) is 2.15. The summed E-state index contributed by atoms with van der Waals surface area (Å²) in [4.78, 5) is 11.9. The molecule has 3 rings (SSSR count). The number of benzene rings is 1. The summed E-state index contributed by atoms with van der Waals surface area (Å²) in [5.74, 6) is 0.650. The van der Waals surface area contributed by atoms with Crippen molar-refractivity contribution in [3.63, 3.8) is 0 Å².